The van der Waals surface area contributed by atoms with E-state index in [1.54, 1.807) is 19.5 Å². The lowest BCUT2D eigenvalue weighted by atomic mass is 9.88. The van der Waals surface area contributed by atoms with Gasteiger partial charge in [0.15, 0.2) is 0 Å². The molecule has 0 saturated heterocycles. The zero-order chi connectivity index (χ0) is 18.2. The number of nitrogens with zero attached hydrogens (tertiary/aromatic N) is 1. The Morgan fingerprint density at radius 3 is 2.38 bits per heavy atom. The molecule has 0 fully saturated rings. The summed E-state index contributed by atoms with van der Waals surface area (Å²) in [6, 6.07) is 21.8. The number of hydrogen-bond acceptors (Lipinski definition) is 3. The Kier molecular flexibility index (Phi) is 5.99. The Labute approximate surface area is 153 Å². The average molecular weight is 346 g/mol. The Morgan fingerprint density at radius 1 is 1.00 bits per heavy atom. The van der Waals surface area contributed by atoms with Crippen LogP contribution in [0.4, 0.5) is 0 Å². The van der Waals surface area contributed by atoms with E-state index >= 15 is 0 Å². The highest BCUT2D eigenvalue weighted by Gasteiger charge is 2.18. The summed E-state index contributed by atoms with van der Waals surface area (Å²) < 4.78 is 5.24. The van der Waals surface area contributed by atoms with Crippen molar-refractivity contribution in [3.63, 3.8) is 0 Å². The van der Waals surface area contributed by atoms with Gasteiger partial charge in [-0.25, -0.2) is 0 Å². The number of benzene rings is 2. The minimum atomic E-state index is -0.00370. The summed E-state index contributed by atoms with van der Waals surface area (Å²) in [6.07, 6.45) is 3.87. The molecular formula is C22H22N2O2. The molecule has 1 amide bonds. The van der Waals surface area contributed by atoms with E-state index in [4.69, 9.17) is 4.74 Å². The molecule has 0 radical (unpaired) electrons. The van der Waals surface area contributed by atoms with Crippen LogP contribution in [0.2, 0.25) is 0 Å². The molecule has 132 valence electrons. The summed E-state index contributed by atoms with van der Waals surface area (Å²) in [4.78, 5) is 16.6. The standard InChI is InChI=1S/C22H22N2O2/c1-26-20-11-9-19(10-12-20)21(18-7-3-2-4-8-18)14-22(25)24-16-17-6-5-13-23-15-17/h2-13,15,21H,14,16H2,1H3,(H,24,25)/t21-/m0/s1. The predicted octanol–water partition coefficient (Wildman–Crippen LogP) is 3.93. The summed E-state index contributed by atoms with van der Waals surface area (Å²) >= 11 is 0. The topological polar surface area (TPSA) is 51.2 Å². The number of pyridine rings is 1. The van der Waals surface area contributed by atoms with Gasteiger partial charge in [0.2, 0.25) is 5.91 Å². The lowest BCUT2D eigenvalue weighted by molar-refractivity contribution is -0.121. The van der Waals surface area contributed by atoms with Gasteiger partial charge < -0.3 is 10.1 Å². The zero-order valence-electron chi connectivity index (χ0n) is 14.8. The molecule has 0 saturated carbocycles. The van der Waals surface area contributed by atoms with E-state index in [-0.39, 0.29) is 11.8 Å². The van der Waals surface area contributed by atoms with Crippen LogP contribution in [-0.4, -0.2) is 18.0 Å². The number of aromatic nitrogens is 1. The van der Waals surface area contributed by atoms with Gasteiger partial charge in [0.1, 0.15) is 5.75 Å². The molecule has 0 aliphatic carbocycles. The van der Waals surface area contributed by atoms with E-state index in [1.165, 1.54) is 0 Å². The molecule has 0 aliphatic heterocycles. The van der Waals surface area contributed by atoms with Crippen LogP contribution in [0, 0.1) is 0 Å². The number of methoxy groups -OCH3 is 1. The van der Waals surface area contributed by atoms with Crippen molar-refractivity contribution in [1.82, 2.24) is 10.3 Å². The van der Waals surface area contributed by atoms with Crippen LogP contribution in [0.1, 0.15) is 29.0 Å². The zero-order valence-corrected chi connectivity index (χ0v) is 14.8. The van der Waals surface area contributed by atoms with E-state index in [0.29, 0.717) is 13.0 Å². The van der Waals surface area contributed by atoms with Gasteiger partial charge in [-0.1, -0.05) is 48.5 Å². The molecule has 4 nitrogen and oxygen atoms in total. The first-order valence-corrected chi connectivity index (χ1v) is 8.61. The van der Waals surface area contributed by atoms with Crippen LogP contribution < -0.4 is 10.1 Å². The fraction of sp³-hybridized carbons (Fsp3) is 0.182. The smallest absolute Gasteiger partial charge is 0.221 e. The molecule has 3 rings (SSSR count). The van der Waals surface area contributed by atoms with Gasteiger partial charge in [0.25, 0.3) is 0 Å². The summed E-state index contributed by atoms with van der Waals surface area (Å²) in [5, 5.41) is 2.99. The molecule has 0 spiro atoms. The normalized spacial score (nSPS) is 11.6. The number of rotatable bonds is 7. The Hall–Kier alpha value is -3.14. The summed E-state index contributed by atoms with van der Waals surface area (Å²) in [5.74, 6) is 0.816. The quantitative estimate of drug-likeness (QED) is 0.705. The van der Waals surface area contributed by atoms with E-state index < -0.39 is 0 Å². The Bertz CT molecular complexity index is 818. The van der Waals surface area contributed by atoms with Gasteiger partial charge in [-0.05, 0) is 34.9 Å². The second-order valence-electron chi connectivity index (χ2n) is 6.08. The fourth-order valence-electron chi connectivity index (χ4n) is 2.91. The molecule has 1 heterocycles. The van der Waals surface area contributed by atoms with Crippen LogP contribution in [-0.2, 0) is 11.3 Å². The van der Waals surface area contributed by atoms with Crippen molar-refractivity contribution in [3.05, 3.63) is 95.8 Å². The summed E-state index contributed by atoms with van der Waals surface area (Å²) in [5.41, 5.74) is 3.20. The molecule has 1 atom stereocenters. The maximum absolute atomic E-state index is 12.5. The molecule has 1 aromatic heterocycles. The fourth-order valence-corrected chi connectivity index (χ4v) is 2.91. The minimum Gasteiger partial charge on any atom is -0.497 e. The van der Waals surface area contributed by atoms with Crippen molar-refractivity contribution in [2.75, 3.05) is 7.11 Å². The monoisotopic (exact) mass is 346 g/mol. The van der Waals surface area contributed by atoms with Crippen molar-refractivity contribution in [3.8, 4) is 5.75 Å². The highest BCUT2D eigenvalue weighted by atomic mass is 16.5. The number of nitrogens with one attached hydrogen (secondary N) is 1. The third-order valence-electron chi connectivity index (χ3n) is 4.32. The van der Waals surface area contributed by atoms with Crippen LogP contribution in [0.25, 0.3) is 0 Å². The van der Waals surface area contributed by atoms with E-state index in [1.807, 2.05) is 54.6 Å². The summed E-state index contributed by atoms with van der Waals surface area (Å²) in [6.45, 7) is 0.483. The second kappa shape index (κ2) is 8.81. The highest BCUT2D eigenvalue weighted by molar-refractivity contribution is 5.77. The Morgan fingerprint density at radius 2 is 1.73 bits per heavy atom. The van der Waals surface area contributed by atoms with Crippen molar-refractivity contribution < 1.29 is 9.53 Å². The van der Waals surface area contributed by atoms with E-state index in [0.717, 1.165) is 22.4 Å². The van der Waals surface area contributed by atoms with Crippen molar-refractivity contribution in [2.24, 2.45) is 0 Å². The van der Waals surface area contributed by atoms with Gasteiger partial charge in [-0.15, -0.1) is 0 Å². The first-order chi connectivity index (χ1) is 12.8. The first kappa shape index (κ1) is 17.7. The van der Waals surface area contributed by atoms with E-state index in [2.05, 4.69) is 22.4 Å². The molecule has 2 aromatic carbocycles. The average Bonchev–Trinajstić information content (AvgIpc) is 2.72. The lowest BCUT2D eigenvalue weighted by Crippen LogP contribution is -2.25. The molecule has 1 N–H and O–H groups in total. The first-order valence-electron chi connectivity index (χ1n) is 8.61. The summed E-state index contributed by atoms with van der Waals surface area (Å²) in [7, 11) is 1.65. The van der Waals surface area contributed by atoms with Crippen molar-refractivity contribution >= 4 is 5.91 Å². The van der Waals surface area contributed by atoms with Crippen LogP contribution >= 0.6 is 0 Å². The number of amides is 1. The van der Waals surface area contributed by atoms with Gasteiger partial charge in [-0.2, -0.15) is 0 Å². The largest absolute Gasteiger partial charge is 0.497 e. The number of carbonyl (C=O) groups is 1. The van der Waals surface area contributed by atoms with Crippen LogP contribution in [0.15, 0.2) is 79.1 Å². The third kappa shape index (κ3) is 4.70. The molecule has 0 aliphatic rings. The molecule has 3 aromatic rings. The van der Waals surface area contributed by atoms with Crippen molar-refractivity contribution in [2.45, 2.75) is 18.9 Å². The molecule has 26 heavy (non-hydrogen) atoms. The molecule has 4 heteroatoms. The minimum absolute atomic E-state index is 0.00370. The third-order valence-corrected chi connectivity index (χ3v) is 4.32. The van der Waals surface area contributed by atoms with Gasteiger partial charge in [0.05, 0.1) is 7.11 Å². The van der Waals surface area contributed by atoms with Crippen molar-refractivity contribution in [1.29, 1.82) is 0 Å². The van der Waals surface area contributed by atoms with Gasteiger partial charge >= 0.3 is 0 Å². The number of carbonyl (C=O) groups excluding carboxylic acids is 1. The maximum atomic E-state index is 12.5. The SMILES string of the molecule is COc1ccc([C@@H](CC(=O)NCc2cccnc2)c2ccccc2)cc1. The van der Waals surface area contributed by atoms with Crippen LogP contribution in [0.3, 0.4) is 0 Å². The predicted molar refractivity (Wildman–Crippen MR) is 102 cm³/mol. The van der Waals surface area contributed by atoms with Gasteiger partial charge in [-0.3, -0.25) is 9.78 Å². The Balaban J connectivity index is 1.74. The number of ether oxygens (including phenoxy) is 1. The van der Waals surface area contributed by atoms with Gasteiger partial charge in [0, 0.05) is 31.3 Å². The maximum Gasteiger partial charge on any atom is 0.221 e. The second-order valence-corrected chi connectivity index (χ2v) is 6.08. The number of hydrogen-bond donors (Lipinski definition) is 1. The highest BCUT2D eigenvalue weighted by Crippen LogP contribution is 2.29. The van der Waals surface area contributed by atoms with E-state index in [9.17, 15) is 4.79 Å². The lowest BCUT2D eigenvalue weighted by Gasteiger charge is -2.18. The molecular weight excluding hydrogens is 324 g/mol. The molecule has 0 unspecified atom stereocenters. The molecule has 0 bridgehead atoms. The van der Waals surface area contributed by atoms with Crippen LogP contribution in [0.5, 0.6) is 5.75 Å².